The van der Waals surface area contributed by atoms with Gasteiger partial charge in [-0.2, -0.15) is 0 Å². The Balaban J connectivity index is 1.72. The molecule has 120 valence electrons. The van der Waals surface area contributed by atoms with Crippen molar-refractivity contribution in [1.82, 2.24) is 0 Å². The molecule has 3 aromatic carbocycles. The molecule has 0 saturated carbocycles. The fourth-order valence-electron chi connectivity index (χ4n) is 2.52. The maximum Gasteiger partial charge on any atom is 0.119 e. The van der Waals surface area contributed by atoms with Gasteiger partial charge in [0.15, 0.2) is 0 Å². The topological polar surface area (TPSA) is 12.5 Å². The number of methoxy groups -OCH3 is 1. The monoisotopic (exact) mass is 315 g/mol. The number of anilines is 2. The SMILES string of the molecule is COc1ccc(N(C)c2ccc(/C=C/c3ccccc3)cc2)cc1. The summed E-state index contributed by atoms with van der Waals surface area (Å²) in [7, 11) is 3.75. The van der Waals surface area contributed by atoms with Crippen molar-refractivity contribution in [3.63, 3.8) is 0 Å². The standard InChI is InChI=1S/C22H21NO/c1-23(21-14-16-22(24-2)17-15-21)20-12-10-19(11-13-20)9-8-18-6-4-3-5-7-18/h3-17H,1-2H3/b9-8+. The summed E-state index contributed by atoms with van der Waals surface area (Å²) >= 11 is 0. The van der Waals surface area contributed by atoms with Crippen molar-refractivity contribution in [1.29, 1.82) is 0 Å². The maximum absolute atomic E-state index is 5.21. The van der Waals surface area contributed by atoms with Gasteiger partial charge < -0.3 is 9.64 Å². The number of rotatable bonds is 5. The summed E-state index contributed by atoms with van der Waals surface area (Å²) < 4.78 is 5.21. The fourth-order valence-corrected chi connectivity index (χ4v) is 2.52. The zero-order valence-corrected chi connectivity index (χ0v) is 14.0. The van der Waals surface area contributed by atoms with E-state index in [1.807, 2.05) is 30.3 Å². The van der Waals surface area contributed by atoms with Crippen molar-refractivity contribution in [2.45, 2.75) is 0 Å². The first-order valence-corrected chi connectivity index (χ1v) is 7.97. The Morgan fingerprint density at radius 1 is 0.667 bits per heavy atom. The lowest BCUT2D eigenvalue weighted by atomic mass is 10.1. The smallest absolute Gasteiger partial charge is 0.119 e. The Bertz CT molecular complexity index is 790. The molecule has 0 atom stereocenters. The van der Waals surface area contributed by atoms with Crippen LogP contribution < -0.4 is 9.64 Å². The molecule has 3 aromatic rings. The van der Waals surface area contributed by atoms with E-state index in [-0.39, 0.29) is 0 Å². The summed E-state index contributed by atoms with van der Waals surface area (Å²) in [4.78, 5) is 2.16. The molecule has 0 bridgehead atoms. The molecule has 0 amide bonds. The van der Waals surface area contributed by atoms with Crippen LogP contribution in [0, 0.1) is 0 Å². The molecule has 0 aromatic heterocycles. The summed E-state index contributed by atoms with van der Waals surface area (Å²) in [6.07, 6.45) is 4.26. The molecule has 0 aliphatic carbocycles. The van der Waals surface area contributed by atoms with Gasteiger partial charge in [-0.1, -0.05) is 54.6 Å². The van der Waals surface area contributed by atoms with Crippen LogP contribution in [0.5, 0.6) is 5.75 Å². The van der Waals surface area contributed by atoms with Gasteiger partial charge in [0.2, 0.25) is 0 Å². The maximum atomic E-state index is 5.21. The lowest BCUT2D eigenvalue weighted by Crippen LogP contribution is -2.08. The minimum Gasteiger partial charge on any atom is -0.497 e. The van der Waals surface area contributed by atoms with Crippen LogP contribution in [0.2, 0.25) is 0 Å². The quantitative estimate of drug-likeness (QED) is 0.565. The first-order valence-electron chi connectivity index (χ1n) is 7.97. The van der Waals surface area contributed by atoms with Crippen LogP contribution in [-0.4, -0.2) is 14.2 Å². The second-order valence-corrected chi connectivity index (χ2v) is 5.59. The zero-order valence-electron chi connectivity index (χ0n) is 14.0. The van der Waals surface area contributed by atoms with E-state index in [0.717, 1.165) is 17.1 Å². The molecule has 2 nitrogen and oxygen atoms in total. The van der Waals surface area contributed by atoms with E-state index < -0.39 is 0 Å². The van der Waals surface area contributed by atoms with Crippen LogP contribution in [-0.2, 0) is 0 Å². The predicted octanol–water partition coefficient (Wildman–Crippen LogP) is 5.63. The Kier molecular flexibility index (Phi) is 4.97. The van der Waals surface area contributed by atoms with Gasteiger partial charge in [-0.05, 0) is 47.5 Å². The third-order valence-corrected chi connectivity index (χ3v) is 4.01. The lowest BCUT2D eigenvalue weighted by molar-refractivity contribution is 0.415. The Morgan fingerprint density at radius 2 is 1.17 bits per heavy atom. The summed E-state index contributed by atoms with van der Waals surface area (Å²) in [5.41, 5.74) is 4.67. The molecule has 0 saturated heterocycles. The van der Waals surface area contributed by atoms with Gasteiger partial charge in [0, 0.05) is 18.4 Å². The van der Waals surface area contributed by atoms with E-state index in [1.54, 1.807) is 7.11 Å². The average molecular weight is 315 g/mol. The van der Waals surface area contributed by atoms with Gasteiger partial charge in [0.1, 0.15) is 5.75 Å². The summed E-state index contributed by atoms with van der Waals surface area (Å²) in [6.45, 7) is 0. The molecular weight excluding hydrogens is 294 g/mol. The first-order chi connectivity index (χ1) is 11.8. The first kappa shape index (κ1) is 15.9. The van der Waals surface area contributed by atoms with Gasteiger partial charge in [-0.3, -0.25) is 0 Å². The van der Waals surface area contributed by atoms with Crippen LogP contribution in [0.25, 0.3) is 12.2 Å². The third-order valence-electron chi connectivity index (χ3n) is 4.01. The molecular formula is C22H21NO. The minimum absolute atomic E-state index is 0.869. The van der Waals surface area contributed by atoms with Crippen LogP contribution in [0.4, 0.5) is 11.4 Å². The normalized spacial score (nSPS) is 10.8. The number of ether oxygens (including phenoxy) is 1. The molecule has 0 aliphatic heterocycles. The molecule has 2 heteroatoms. The number of hydrogen-bond acceptors (Lipinski definition) is 2. The minimum atomic E-state index is 0.869. The van der Waals surface area contributed by atoms with Gasteiger partial charge in [-0.15, -0.1) is 0 Å². The molecule has 3 rings (SSSR count). The highest BCUT2D eigenvalue weighted by atomic mass is 16.5. The van der Waals surface area contributed by atoms with E-state index in [1.165, 1.54) is 11.1 Å². The highest BCUT2D eigenvalue weighted by molar-refractivity contribution is 5.71. The highest BCUT2D eigenvalue weighted by Crippen LogP contribution is 2.26. The van der Waals surface area contributed by atoms with E-state index in [9.17, 15) is 0 Å². The molecule has 0 radical (unpaired) electrons. The van der Waals surface area contributed by atoms with E-state index >= 15 is 0 Å². The highest BCUT2D eigenvalue weighted by Gasteiger charge is 2.03. The number of hydrogen-bond donors (Lipinski definition) is 0. The molecule has 24 heavy (non-hydrogen) atoms. The second-order valence-electron chi connectivity index (χ2n) is 5.59. The van der Waals surface area contributed by atoms with Crippen LogP contribution >= 0.6 is 0 Å². The summed E-state index contributed by atoms with van der Waals surface area (Å²) in [5.74, 6) is 0.869. The lowest BCUT2D eigenvalue weighted by Gasteiger charge is -2.20. The molecule has 0 unspecified atom stereocenters. The zero-order chi connectivity index (χ0) is 16.8. The van der Waals surface area contributed by atoms with Crippen LogP contribution in [0.3, 0.4) is 0 Å². The molecule has 0 fully saturated rings. The molecule has 0 spiro atoms. The summed E-state index contributed by atoms with van der Waals surface area (Å²) in [6, 6.07) is 26.9. The number of benzene rings is 3. The van der Waals surface area contributed by atoms with Crippen molar-refractivity contribution < 1.29 is 4.74 Å². The van der Waals surface area contributed by atoms with Gasteiger partial charge in [0.25, 0.3) is 0 Å². The van der Waals surface area contributed by atoms with E-state index in [2.05, 4.69) is 72.6 Å². The van der Waals surface area contributed by atoms with Crippen molar-refractivity contribution in [2.75, 3.05) is 19.1 Å². The van der Waals surface area contributed by atoms with Crippen LogP contribution in [0.1, 0.15) is 11.1 Å². The Morgan fingerprint density at radius 3 is 1.71 bits per heavy atom. The van der Waals surface area contributed by atoms with Crippen molar-refractivity contribution in [3.8, 4) is 5.75 Å². The molecule has 0 N–H and O–H groups in total. The van der Waals surface area contributed by atoms with Crippen molar-refractivity contribution in [2.24, 2.45) is 0 Å². The predicted molar refractivity (Wildman–Crippen MR) is 103 cm³/mol. The van der Waals surface area contributed by atoms with Crippen molar-refractivity contribution >= 4 is 23.5 Å². The molecule has 0 heterocycles. The van der Waals surface area contributed by atoms with E-state index in [4.69, 9.17) is 4.74 Å². The average Bonchev–Trinajstić information content (AvgIpc) is 2.67. The van der Waals surface area contributed by atoms with E-state index in [0.29, 0.717) is 0 Å². The largest absolute Gasteiger partial charge is 0.497 e. The molecule has 0 aliphatic rings. The van der Waals surface area contributed by atoms with Gasteiger partial charge in [0.05, 0.1) is 7.11 Å². The van der Waals surface area contributed by atoms with Gasteiger partial charge >= 0.3 is 0 Å². The Labute approximate surface area is 143 Å². The second kappa shape index (κ2) is 7.51. The fraction of sp³-hybridized carbons (Fsp3) is 0.0909. The third kappa shape index (κ3) is 3.85. The van der Waals surface area contributed by atoms with Gasteiger partial charge in [-0.25, -0.2) is 0 Å². The Hall–Kier alpha value is -3.00. The van der Waals surface area contributed by atoms with Crippen LogP contribution in [0.15, 0.2) is 78.9 Å². The number of nitrogens with zero attached hydrogens (tertiary/aromatic N) is 1. The van der Waals surface area contributed by atoms with Crippen molar-refractivity contribution in [3.05, 3.63) is 90.0 Å². The summed E-state index contributed by atoms with van der Waals surface area (Å²) in [5, 5.41) is 0.